The summed E-state index contributed by atoms with van der Waals surface area (Å²) in [6.07, 6.45) is 3.52. The van der Waals surface area contributed by atoms with Crippen molar-refractivity contribution < 1.29 is 29.9 Å². The Balaban J connectivity index is 5.03. The Labute approximate surface area is 98.8 Å². The van der Waals surface area contributed by atoms with E-state index in [-0.39, 0.29) is 30.6 Å². The van der Waals surface area contributed by atoms with Crippen LogP contribution in [-0.4, -0.2) is 34.0 Å². The maximum Gasteiger partial charge on any atom is 0.331 e. The first-order chi connectivity index (χ1) is 8.02. The van der Waals surface area contributed by atoms with Crippen LogP contribution in [0.25, 0.3) is 0 Å². The van der Waals surface area contributed by atoms with Crippen LogP contribution < -0.4 is 0 Å². The number of hydrogen-bond donors (Lipinski definition) is 3. The molecule has 0 atom stereocenters. The fourth-order valence-electron chi connectivity index (χ4n) is 1.20. The lowest BCUT2D eigenvalue weighted by molar-refractivity contribution is -0.233. The zero-order chi connectivity index (χ0) is 13.3. The average molecular weight is 244 g/mol. The molecule has 0 aromatic rings. The van der Waals surface area contributed by atoms with Crippen LogP contribution >= 0.6 is 0 Å². The summed E-state index contributed by atoms with van der Waals surface area (Å²) in [5, 5.41) is 25.8. The third kappa shape index (κ3) is 6.49. The highest BCUT2D eigenvalue weighted by Gasteiger charge is 2.14. The molecule has 0 saturated carbocycles. The van der Waals surface area contributed by atoms with Gasteiger partial charge in [-0.1, -0.05) is 19.1 Å². The molecule has 0 amide bonds. The molecule has 0 radical (unpaired) electrons. The Hall–Kier alpha value is -1.66. The molecule has 0 aliphatic heterocycles. The molecule has 0 unspecified atom stereocenters. The van der Waals surface area contributed by atoms with E-state index >= 15 is 0 Å². The van der Waals surface area contributed by atoms with E-state index in [1.54, 1.807) is 6.08 Å². The number of rotatable bonds is 8. The van der Waals surface area contributed by atoms with Gasteiger partial charge >= 0.3 is 11.9 Å². The first-order valence-electron chi connectivity index (χ1n) is 5.12. The van der Waals surface area contributed by atoms with Gasteiger partial charge in [-0.05, 0) is 18.4 Å². The maximum absolute atomic E-state index is 11.0. The fraction of sp³-hybridized carbons (Fsp3) is 0.455. The van der Waals surface area contributed by atoms with Gasteiger partial charge in [-0.2, -0.15) is 0 Å². The van der Waals surface area contributed by atoms with Crippen LogP contribution in [0.2, 0.25) is 0 Å². The molecule has 0 saturated heterocycles. The first kappa shape index (κ1) is 15.3. The second-order valence-corrected chi connectivity index (χ2v) is 3.29. The molecular weight excluding hydrogens is 228 g/mol. The molecule has 0 heterocycles. The second kappa shape index (κ2) is 8.49. The molecule has 0 aliphatic rings. The van der Waals surface area contributed by atoms with Crippen molar-refractivity contribution in [3.8, 4) is 0 Å². The Morgan fingerprint density at radius 1 is 1.24 bits per heavy atom. The molecule has 6 heteroatoms. The summed E-state index contributed by atoms with van der Waals surface area (Å²) in [5.41, 5.74) is 0.203. The molecule has 0 aliphatic carbocycles. The normalized spacial score (nSPS) is 12.6. The van der Waals surface area contributed by atoms with Crippen LogP contribution in [0.3, 0.4) is 0 Å². The van der Waals surface area contributed by atoms with Gasteiger partial charge in [0.05, 0.1) is 0 Å². The quantitative estimate of drug-likeness (QED) is 0.260. The van der Waals surface area contributed by atoms with Crippen molar-refractivity contribution in [1.82, 2.24) is 0 Å². The van der Waals surface area contributed by atoms with Crippen molar-refractivity contribution in [3.63, 3.8) is 0 Å². The van der Waals surface area contributed by atoms with Gasteiger partial charge in [-0.15, -0.1) is 0 Å². The summed E-state index contributed by atoms with van der Waals surface area (Å²) in [6, 6.07) is 0. The summed E-state index contributed by atoms with van der Waals surface area (Å²) < 4.78 is 0. The molecule has 6 nitrogen and oxygen atoms in total. The number of hydrogen-bond acceptors (Lipinski definition) is 4. The Morgan fingerprint density at radius 2 is 1.88 bits per heavy atom. The van der Waals surface area contributed by atoms with Crippen molar-refractivity contribution in [1.29, 1.82) is 0 Å². The minimum Gasteiger partial charge on any atom is -0.481 e. The van der Waals surface area contributed by atoms with Crippen LogP contribution in [0.4, 0.5) is 0 Å². The zero-order valence-electron chi connectivity index (χ0n) is 9.55. The van der Waals surface area contributed by atoms with E-state index in [0.29, 0.717) is 6.42 Å². The van der Waals surface area contributed by atoms with E-state index in [1.807, 2.05) is 6.92 Å². The number of aliphatic carboxylic acids is 2. The molecule has 17 heavy (non-hydrogen) atoms. The summed E-state index contributed by atoms with van der Waals surface area (Å²) in [7, 11) is 0. The molecule has 0 aromatic heterocycles. The van der Waals surface area contributed by atoms with E-state index in [2.05, 4.69) is 4.89 Å². The molecule has 0 rings (SSSR count). The molecular formula is C11H16O6. The molecule has 0 spiro atoms. The van der Waals surface area contributed by atoms with Crippen molar-refractivity contribution in [3.05, 3.63) is 23.3 Å². The lowest BCUT2D eigenvalue weighted by Crippen LogP contribution is -2.09. The standard InChI is InChI=1S/C11H16O6/c1-2-3-4-8(7-17-16)9(11(14)15)5-6-10(12)13/h3-4,16H,2,5-7H2,1H3,(H,12,13)(H,14,15). The highest BCUT2D eigenvalue weighted by atomic mass is 17.1. The molecule has 96 valence electrons. The van der Waals surface area contributed by atoms with Crippen molar-refractivity contribution >= 4 is 11.9 Å². The largest absolute Gasteiger partial charge is 0.481 e. The number of carbonyl (C=O) groups is 2. The van der Waals surface area contributed by atoms with Crippen LogP contribution in [0.15, 0.2) is 23.3 Å². The van der Waals surface area contributed by atoms with Gasteiger partial charge in [0.2, 0.25) is 0 Å². The van der Waals surface area contributed by atoms with E-state index in [0.717, 1.165) is 0 Å². The predicted molar refractivity (Wildman–Crippen MR) is 59.5 cm³/mol. The van der Waals surface area contributed by atoms with Gasteiger partial charge in [0, 0.05) is 12.0 Å². The van der Waals surface area contributed by atoms with E-state index in [9.17, 15) is 9.59 Å². The number of carboxylic acids is 2. The third-order valence-electron chi connectivity index (χ3n) is 2.01. The van der Waals surface area contributed by atoms with E-state index < -0.39 is 11.9 Å². The van der Waals surface area contributed by atoms with Crippen LogP contribution in [0, 0.1) is 0 Å². The average Bonchev–Trinajstić information content (AvgIpc) is 2.25. The van der Waals surface area contributed by atoms with E-state index in [1.165, 1.54) is 6.08 Å². The first-order valence-corrected chi connectivity index (χ1v) is 5.12. The molecule has 3 N–H and O–H groups in total. The topological polar surface area (TPSA) is 104 Å². The Kier molecular flexibility index (Phi) is 7.66. The van der Waals surface area contributed by atoms with Gasteiger partial charge in [0.1, 0.15) is 6.61 Å². The fourth-order valence-corrected chi connectivity index (χ4v) is 1.20. The Morgan fingerprint density at radius 3 is 2.29 bits per heavy atom. The maximum atomic E-state index is 11.0. The van der Waals surface area contributed by atoms with Gasteiger partial charge in [-0.25, -0.2) is 9.68 Å². The van der Waals surface area contributed by atoms with Crippen LogP contribution in [0.1, 0.15) is 26.2 Å². The summed E-state index contributed by atoms with van der Waals surface area (Å²) in [6.45, 7) is 1.59. The minimum atomic E-state index is -1.21. The molecule has 0 bridgehead atoms. The van der Waals surface area contributed by atoms with Crippen molar-refractivity contribution in [2.75, 3.05) is 6.61 Å². The monoisotopic (exact) mass is 244 g/mol. The lowest BCUT2D eigenvalue weighted by atomic mass is 10.0. The van der Waals surface area contributed by atoms with Crippen molar-refractivity contribution in [2.24, 2.45) is 0 Å². The highest BCUT2D eigenvalue weighted by molar-refractivity contribution is 5.89. The lowest BCUT2D eigenvalue weighted by Gasteiger charge is -2.06. The minimum absolute atomic E-state index is 0.0637. The van der Waals surface area contributed by atoms with Crippen LogP contribution in [0.5, 0.6) is 0 Å². The highest BCUT2D eigenvalue weighted by Crippen LogP contribution is 2.14. The zero-order valence-corrected chi connectivity index (χ0v) is 9.55. The second-order valence-electron chi connectivity index (χ2n) is 3.29. The van der Waals surface area contributed by atoms with Gasteiger partial charge in [-0.3, -0.25) is 10.1 Å². The predicted octanol–water partition coefficient (Wildman–Crippen LogP) is 1.69. The smallest absolute Gasteiger partial charge is 0.331 e. The van der Waals surface area contributed by atoms with Gasteiger partial charge in [0.25, 0.3) is 0 Å². The van der Waals surface area contributed by atoms with Crippen molar-refractivity contribution in [2.45, 2.75) is 26.2 Å². The summed E-state index contributed by atoms with van der Waals surface area (Å²) in [5.74, 6) is -2.29. The third-order valence-corrected chi connectivity index (χ3v) is 2.01. The summed E-state index contributed by atoms with van der Waals surface area (Å²) >= 11 is 0. The molecule has 0 fully saturated rings. The molecule has 0 aromatic carbocycles. The van der Waals surface area contributed by atoms with Gasteiger partial charge < -0.3 is 10.2 Å². The number of carboxylic acid groups (broad SMARTS) is 2. The summed E-state index contributed by atoms with van der Waals surface area (Å²) in [4.78, 5) is 25.3. The van der Waals surface area contributed by atoms with Crippen LogP contribution in [-0.2, 0) is 14.5 Å². The number of allylic oxidation sites excluding steroid dienone is 1. The Bertz CT molecular complexity index is 329. The van der Waals surface area contributed by atoms with Gasteiger partial charge in [0.15, 0.2) is 0 Å². The van der Waals surface area contributed by atoms with E-state index in [4.69, 9.17) is 15.5 Å². The SMILES string of the molecule is CCC=CC(COO)=C(CCC(=O)O)C(=O)O.